The van der Waals surface area contributed by atoms with E-state index >= 15 is 0 Å². The van der Waals surface area contributed by atoms with Crippen LogP contribution in [0.1, 0.15) is 17.0 Å². The van der Waals surface area contributed by atoms with Crippen LogP contribution in [-0.4, -0.2) is 0 Å². The van der Waals surface area contributed by atoms with Crippen LogP contribution in [0.2, 0.25) is 0 Å². The molecule has 0 aliphatic heterocycles. The van der Waals surface area contributed by atoms with Gasteiger partial charge in [0.1, 0.15) is 0 Å². The molecule has 2 N–H and O–H groups in total. The third kappa shape index (κ3) is 4.18. The Labute approximate surface area is 212 Å². The predicted molar refractivity (Wildman–Crippen MR) is 153 cm³/mol. The minimum atomic E-state index is -0.453. The summed E-state index contributed by atoms with van der Waals surface area (Å²) in [6, 6.07) is 44.9. The third-order valence-corrected chi connectivity index (χ3v) is 6.97. The van der Waals surface area contributed by atoms with Gasteiger partial charge in [0.25, 0.3) is 0 Å². The largest absolute Gasteiger partial charge is 0.371 e. The zero-order valence-electron chi connectivity index (χ0n) is 20.0. The van der Waals surface area contributed by atoms with Gasteiger partial charge in [0, 0.05) is 23.0 Å². The van der Waals surface area contributed by atoms with E-state index in [4.69, 9.17) is 0 Å². The molecule has 0 spiro atoms. The van der Waals surface area contributed by atoms with Gasteiger partial charge in [-0.3, -0.25) is 0 Å². The second kappa shape index (κ2) is 9.59. The van der Waals surface area contributed by atoms with Gasteiger partial charge in [0.05, 0.1) is 5.54 Å². The Morgan fingerprint density at radius 1 is 0.528 bits per heavy atom. The maximum Gasteiger partial charge on any atom is 0.0917 e. The van der Waals surface area contributed by atoms with E-state index in [0.29, 0.717) is 0 Å². The first kappa shape index (κ1) is 21.9. The fourth-order valence-corrected chi connectivity index (χ4v) is 5.25. The van der Waals surface area contributed by atoms with E-state index in [-0.39, 0.29) is 5.92 Å². The molecule has 1 aliphatic rings. The number of para-hydroxylation sites is 2. The lowest BCUT2D eigenvalue weighted by Crippen LogP contribution is -2.40. The summed E-state index contributed by atoms with van der Waals surface area (Å²) in [5.74, 6) is 0.0988. The summed E-state index contributed by atoms with van der Waals surface area (Å²) >= 11 is 0. The van der Waals surface area contributed by atoms with Crippen molar-refractivity contribution < 1.29 is 0 Å². The highest BCUT2D eigenvalue weighted by Gasteiger charge is 2.39. The minimum Gasteiger partial charge on any atom is -0.371 e. The van der Waals surface area contributed by atoms with E-state index in [1.54, 1.807) is 0 Å². The Morgan fingerprint density at radius 3 is 1.94 bits per heavy atom. The first-order valence-electron chi connectivity index (χ1n) is 12.4. The number of nitrogens with one attached hydrogen (secondary N) is 2. The monoisotopic (exact) mass is 464 g/mol. The van der Waals surface area contributed by atoms with Gasteiger partial charge < -0.3 is 10.6 Å². The van der Waals surface area contributed by atoms with E-state index in [2.05, 4.69) is 144 Å². The number of allylic oxidation sites excluding steroid dienone is 2. The fraction of sp³-hybridized carbons (Fsp3) is 0.0588. The van der Waals surface area contributed by atoms with E-state index < -0.39 is 5.54 Å². The van der Waals surface area contributed by atoms with Crippen molar-refractivity contribution in [2.24, 2.45) is 0 Å². The zero-order chi connectivity index (χ0) is 24.2. The summed E-state index contributed by atoms with van der Waals surface area (Å²) < 4.78 is 0. The zero-order valence-corrected chi connectivity index (χ0v) is 20.0. The first-order chi connectivity index (χ1) is 17.8. The number of benzene rings is 5. The second-order valence-electron chi connectivity index (χ2n) is 9.22. The van der Waals surface area contributed by atoms with Gasteiger partial charge in [-0.1, -0.05) is 115 Å². The molecule has 0 fully saturated rings. The van der Waals surface area contributed by atoms with E-state index in [1.807, 2.05) is 18.2 Å². The number of anilines is 3. The molecule has 0 aromatic heterocycles. The summed E-state index contributed by atoms with van der Waals surface area (Å²) in [6.07, 6.45) is 8.97. The first-order valence-corrected chi connectivity index (χ1v) is 12.4. The molecule has 0 amide bonds. The Morgan fingerprint density at radius 2 is 1.17 bits per heavy atom. The molecule has 5 aromatic rings. The van der Waals surface area contributed by atoms with Crippen LogP contribution in [0.3, 0.4) is 0 Å². The predicted octanol–water partition coefficient (Wildman–Crippen LogP) is 8.80. The molecule has 0 radical (unpaired) electrons. The molecule has 0 heterocycles. The van der Waals surface area contributed by atoms with Crippen molar-refractivity contribution in [2.45, 2.75) is 11.5 Å². The molecule has 2 heteroatoms. The lowest BCUT2D eigenvalue weighted by Gasteiger charge is -2.41. The van der Waals surface area contributed by atoms with Crippen LogP contribution in [0.25, 0.3) is 10.8 Å². The van der Waals surface area contributed by atoms with Gasteiger partial charge >= 0.3 is 0 Å². The normalized spacial score (nSPS) is 18.7. The smallest absolute Gasteiger partial charge is 0.0917 e. The van der Waals surface area contributed by atoms with Crippen LogP contribution in [0.5, 0.6) is 0 Å². The quantitative estimate of drug-likeness (QED) is 0.262. The SMILES string of the molecule is C1=CC(c2cccc3ccccc23)C(Nc2ccccc2)(c2ccc(Nc3ccccc3)cc2)C=C1. The van der Waals surface area contributed by atoms with Gasteiger partial charge in [-0.2, -0.15) is 0 Å². The number of fused-ring (bicyclic) bond motifs is 1. The molecule has 36 heavy (non-hydrogen) atoms. The Kier molecular flexibility index (Phi) is 5.85. The topological polar surface area (TPSA) is 24.1 Å². The van der Waals surface area contributed by atoms with Crippen LogP contribution >= 0.6 is 0 Å². The summed E-state index contributed by atoms with van der Waals surface area (Å²) in [5, 5.41) is 9.99. The molecule has 6 rings (SSSR count). The van der Waals surface area contributed by atoms with Crippen molar-refractivity contribution in [2.75, 3.05) is 10.6 Å². The summed E-state index contributed by atoms with van der Waals surface area (Å²) in [4.78, 5) is 0. The molecule has 2 nitrogen and oxygen atoms in total. The minimum absolute atomic E-state index is 0.0988. The maximum absolute atomic E-state index is 3.93. The molecular weight excluding hydrogens is 436 g/mol. The highest BCUT2D eigenvalue weighted by Crippen LogP contribution is 2.46. The van der Waals surface area contributed by atoms with Crippen molar-refractivity contribution in [3.8, 4) is 0 Å². The lowest BCUT2D eigenvalue weighted by molar-refractivity contribution is 0.543. The molecule has 0 saturated heterocycles. The van der Waals surface area contributed by atoms with E-state index in [9.17, 15) is 0 Å². The summed E-state index contributed by atoms with van der Waals surface area (Å²) in [5.41, 5.74) is 5.31. The van der Waals surface area contributed by atoms with Gasteiger partial charge in [-0.15, -0.1) is 0 Å². The summed E-state index contributed by atoms with van der Waals surface area (Å²) in [6.45, 7) is 0. The number of rotatable bonds is 6. The van der Waals surface area contributed by atoms with Crippen molar-refractivity contribution >= 4 is 27.8 Å². The van der Waals surface area contributed by atoms with Gasteiger partial charge in [-0.05, 0) is 58.3 Å². The summed E-state index contributed by atoms with van der Waals surface area (Å²) in [7, 11) is 0. The average Bonchev–Trinajstić information content (AvgIpc) is 2.94. The molecule has 2 atom stereocenters. The van der Waals surface area contributed by atoms with E-state index in [1.165, 1.54) is 21.9 Å². The molecule has 5 aromatic carbocycles. The Bertz CT molecular complexity index is 1510. The molecule has 0 saturated carbocycles. The van der Waals surface area contributed by atoms with Crippen molar-refractivity contribution in [1.82, 2.24) is 0 Å². The van der Waals surface area contributed by atoms with Crippen LogP contribution < -0.4 is 10.6 Å². The molecule has 174 valence electrons. The number of hydrogen-bond acceptors (Lipinski definition) is 2. The molecule has 0 bridgehead atoms. The molecular formula is C34H28N2. The fourth-order valence-electron chi connectivity index (χ4n) is 5.25. The lowest BCUT2D eigenvalue weighted by atomic mass is 9.71. The average molecular weight is 465 g/mol. The van der Waals surface area contributed by atoms with Gasteiger partial charge in [0.15, 0.2) is 0 Å². The van der Waals surface area contributed by atoms with Crippen LogP contribution in [0.15, 0.2) is 152 Å². The highest BCUT2D eigenvalue weighted by molar-refractivity contribution is 5.87. The third-order valence-electron chi connectivity index (χ3n) is 6.97. The second-order valence-corrected chi connectivity index (χ2v) is 9.22. The van der Waals surface area contributed by atoms with Crippen molar-refractivity contribution in [3.05, 3.63) is 163 Å². The Balaban J connectivity index is 1.47. The standard InChI is InChI=1S/C34H28N2/c1-3-14-28(15-4-1)35-29-23-21-27(22-24-29)34(36-30-16-5-2-6-17-30)25-10-9-20-33(34)32-19-11-13-26-12-7-8-18-31(26)32/h1-25,33,35-36H. The number of hydrogen-bond donors (Lipinski definition) is 2. The van der Waals surface area contributed by atoms with Crippen LogP contribution in [0, 0.1) is 0 Å². The Hall–Kier alpha value is -4.56. The molecule has 2 unspecified atom stereocenters. The van der Waals surface area contributed by atoms with Crippen molar-refractivity contribution in [1.29, 1.82) is 0 Å². The van der Waals surface area contributed by atoms with Gasteiger partial charge in [0.2, 0.25) is 0 Å². The molecule has 1 aliphatic carbocycles. The van der Waals surface area contributed by atoms with Crippen LogP contribution in [-0.2, 0) is 5.54 Å². The van der Waals surface area contributed by atoms with E-state index in [0.717, 1.165) is 17.1 Å². The van der Waals surface area contributed by atoms with Crippen molar-refractivity contribution in [3.63, 3.8) is 0 Å². The van der Waals surface area contributed by atoms with Crippen LogP contribution in [0.4, 0.5) is 17.1 Å². The highest BCUT2D eigenvalue weighted by atomic mass is 15.0. The maximum atomic E-state index is 3.93. The van der Waals surface area contributed by atoms with Gasteiger partial charge in [-0.25, -0.2) is 0 Å².